The number of benzene rings is 2. The molecule has 1 aliphatic rings. The number of carboxylic acid groups (broad SMARTS) is 1. The van der Waals surface area contributed by atoms with Crippen LogP contribution in [0.1, 0.15) is 38.2 Å². The first-order valence-corrected chi connectivity index (χ1v) is 10.7. The van der Waals surface area contributed by atoms with Gasteiger partial charge in [0.25, 0.3) is 0 Å². The van der Waals surface area contributed by atoms with Crippen LogP contribution in [0.4, 0.5) is 0 Å². The zero-order valence-electron chi connectivity index (χ0n) is 16.4. The molecule has 1 aliphatic carbocycles. The highest BCUT2D eigenvalue weighted by molar-refractivity contribution is 8.01. The molecular formula is C24H22N2O2S. The zero-order valence-corrected chi connectivity index (χ0v) is 17.2. The minimum atomic E-state index is -0.924. The minimum Gasteiger partial charge on any atom is -0.480 e. The van der Waals surface area contributed by atoms with Gasteiger partial charge in [-0.15, -0.1) is 11.8 Å². The van der Waals surface area contributed by atoms with Gasteiger partial charge in [-0.2, -0.15) is 0 Å². The number of hydrogen-bond acceptors (Lipinski definition) is 3. The van der Waals surface area contributed by atoms with Gasteiger partial charge in [-0.1, -0.05) is 30.3 Å². The molecule has 4 aromatic rings. The highest BCUT2D eigenvalue weighted by Gasteiger charge is 2.30. The van der Waals surface area contributed by atoms with Gasteiger partial charge in [0.2, 0.25) is 0 Å². The van der Waals surface area contributed by atoms with Crippen LogP contribution in [0.25, 0.3) is 27.4 Å². The number of rotatable bonds is 5. The van der Waals surface area contributed by atoms with Crippen molar-refractivity contribution in [2.24, 2.45) is 0 Å². The summed E-state index contributed by atoms with van der Waals surface area (Å²) < 4.78 is 1.25. The Kier molecular flexibility index (Phi) is 4.17. The minimum absolute atomic E-state index is 0.682. The van der Waals surface area contributed by atoms with Crippen LogP contribution in [0.2, 0.25) is 0 Å². The third-order valence-electron chi connectivity index (χ3n) is 5.66. The van der Waals surface area contributed by atoms with Gasteiger partial charge in [-0.25, -0.2) is 0 Å². The fraction of sp³-hybridized carbons (Fsp3) is 0.250. The number of aromatic nitrogens is 2. The summed E-state index contributed by atoms with van der Waals surface area (Å²) in [6.07, 6.45) is 8.21. The maximum absolute atomic E-state index is 11.7. The number of thioether (sulfide) groups is 1. The van der Waals surface area contributed by atoms with Gasteiger partial charge < -0.3 is 9.67 Å². The van der Waals surface area contributed by atoms with E-state index in [1.54, 1.807) is 20.0 Å². The Balaban J connectivity index is 1.72. The van der Waals surface area contributed by atoms with E-state index in [1.165, 1.54) is 40.9 Å². The van der Waals surface area contributed by atoms with Crippen molar-refractivity contribution in [3.05, 3.63) is 66.6 Å². The number of fused-ring (bicyclic) bond motifs is 2. The lowest BCUT2D eigenvalue weighted by molar-refractivity contribution is -0.138. The van der Waals surface area contributed by atoms with E-state index in [-0.39, 0.29) is 0 Å². The Morgan fingerprint density at radius 1 is 1.10 bits per heavy atom. The normalized spacial score (nSPS) is 14.6. The lowest BCUT2D eigenvalue weighted by Gasteiger charge is -2.17. The molecule has 2 aromatic heterocycles. The monoisotopic (exact) mass is 402 g/mol. The van der Waals surface area contributed by atoms with Gasteiger partial charge in [0.05, 0.1) is 11.2 Å². The number of aliphatic carboxylic acids is 1. The third kappa shape index (κ3) is 3.10. The average molecular weight is 403 g/mol. The van der Waals surface area contributed by atoms with Crippen molar-refractivity contribution in [3.63, 3.8) is 0 Å². The van der Waals surface area contributed by atoms with Crippen molar-refractivity contribution < 1.29 is 9.90 Å². The predicted octanol–water partition coefficient (Wildman–Crippen LogP) is 6.01. The summed E-state index contributed by atoms with van der Waals surface area (Å²) in [6, 6.07) is 15.0. The Labute approximate surface area is 173 Å². The van der Waals surface area contributed by atoms with Crippen molar-refractivity contribution in [2.75, 3.05) is 0 Å². The van der Waals surface area contributed by atoms with E-state index in [0.29, 0.717) is 5.92 Å². The zero-order chi connectivity index (χ0) is 20.2. The first kappa shape index (κ1) is 18.3. The number of pyridine rings is 1. The molecule has 0 saturated heterocycles. The number of carbonyl (C=O) groups is 1. The van der Waals surface area contributed by atoms with Gasteiger partial charge >= 0.3 is 5.97 Å². The van der Waals surface area contributed by atoms with E-state index < -0.39 is 10.7 Å². The van der Waals surface area contributed by atoms with Crippen molar-refractivity contribution >= 4 is 39.4 Å². The second-order valence-electron chi connectivity index (χ2n) is 8.17. The van der Waals surface area contributed by atoms with Crippen LogP contribution < -0.4 is 0 Å². The number of hydrogen-bond donors (Lipinski definition) is 1. The molecule has 5 heteroatoms. The summed E-state index contributed by atoms with van der Waals surface area (Å²) in [5, 5.41) is 13.1. The van der Waals surface area contributed by atoms with Gasteiger partial charge in [-0.05, 0) is 55.7 Å². The quantitative estimate of drug-likeness (QED) is 0.415. The topological polar surface area (TPSA) is 55.1 Å². The average Bonchev–Trinajstić information content (AvgIpc) is 3.50. The summed E-state index contributed by atoms with van der Waals surface area (Å²) in [5.74, 6) is -0.145. The van der Waals surface area contributed by atoms with E-state index in [0.717, 1.165) is 21.5 Å². The molecule has 0 amide bonds. The van der Waals surface area contributed by atoms with Crippen LogP contribution in [0.15, 0.2) is 66.0 Å². The molecule has 0 spiro atoms. The van der Waals surface area contributed by atoms with Crippen LogP contribution in [0.5, 0.6) is 0 Å². The third-order valence-corrected chi connectivity index (χ3v) is 6.89. The highest BCUT2D eigenvalue weighted by atomic mass is 32.2. The smallest absolute Gasteiger partial charge is 0.319 e. The van der Waals surface area contributed by atoms with E-state index in [2.05, 4.69) is 52.1 Å². The molecule has 5 rings (SSSR count). The first-order valence-electron chi connectivity index (χ1n) is 9.85. The second kappa shape index (κ2) is 6.63. The maximum Gasteiger partial charge on any atom is 0.319 e. The van der Waals surface area contributed by atoms with E-state index in [4.69, 9.17) is 0 Å². The Morgan fingerprint density at radius 2 is 1.86 bits per heavy atom. The van der Waals surface area contributed by atoms with Crippen LogP contribution in [-0.4, -0.2) is 25.4 Å². The SMILES string of the molecule is CC(C)(Sc1cn(-c2ccc(C3CC3)c3ccccc23)c2ccncc12)C(=O)O. The highest BCUT2D eigenvalue weighted by Crippen LogP contribution is 2.45. The van der Waals surface area contributed by atoms with E-state index in [1.807, 2.05) is 12.3 Å². The summed E-state index contributed by atoms with van der Waals surface area (Å²) in [5.41, 5.74) is 3.58. The van der Waals surface area contributed by atoms with Gasteiger partial charge in [-0.3, -0.25) is 9.78 Å². The molecule has 1 fully saturated rings. The lowest BCUT2D eigenvalue weighted by atomic mass is 9.99. The summed E-state index contributed by atoms with van der Waals surface area (Å²) >= 11 is 1.36. The maximum atomic E-state index is 11.7. The molecule has 4 nitrogen and oxygen atoms in total. The Morgan fingerprint density at radius 3 is 2.59 bits per heavy atom. The van der Waals surface area contributed by atoms with Crippen LogP contribution >= 0.6 is 11.8 Å². The predicted molar refractivity (Wildman–Crippen MR) is 118 cm³/mol. The molecule has 2 heterocycles. The summed E-state index contributed by atoms with van der Waals surface area (Å²) in [6.45, 7) is 3.47. The van der Waals surface area contributed by atoms with Crippen molar-refractivity contribution in [3.8, 4) is 5.69 Å². The van der Waals surface area contributed by atoms with Crippen molar-refractivity contribution in [1.82, 2.24) is 9.55 Å². The molecule has 1 N–H and O–H groups in total. The molecule has 0 unspecified atom stereocenters. The van der Waals surface area contributed by atoms with Crippen molar-refractivity contribution in [1.29, 1.82) is 0 Å². The molecular weight excluding hydrogens is 380 g/mol. The molecule has 1 saturated carbocycles. The first-order chi connectivity index (χ1) is 14.0. The molecule has 0 aliphatic heterocycles. The second-order valence-corrected chi connectivity index (χ2v) is 9.83. The van der Waals surface area contributed by atoms with Crippen molar-refractivity contribution in [2.45, 2.75) is 42.2 Å². The summed E-state index contributed by atoms with van der Waals surface area (Å²) in [4.78, 5) is 16.9. The summed E-state index contributed by atoms with van der Waals surface area (Å²) in [7, 11) is 0. The molecule has 2 aromatic carbocycles. The molecule has 146 valence electrons. The molecule has 0 bridgehead atoms. The number of carboxylic acids is 1. The molecule has 0 atom stereocenters. The Hall–Kier alpha value is -2.79. The van der Waals surface area contributed by atoms with Gasteiger partial charge in [0, 0.05) is 34.3 Å². The van der Waals surface area contributed by atoms with Gasteiger partial charge in [0.1, 0.15) is 4.75 Å². The fourth-order valence-corrected chi connectivity index (χ4v) is 4.97. The lowest BCUT2D eigenvalue weighted by Crippen LogP contribution is -2.26. The Bertz CT molecular complexity index is 1250. The van der Waals surface area contributed by atoms with Crippen LogP contribution in [-0.2, 0) is 4.79 Å². The molecule has 0 radical (unpaired) electrons. The molecule has 29 heavy (non-hydrogen) atoms. The van der Waals surface area contributed by atoms with E-state index >= 15 is 0 Å². The standard InChI is InChI=1S/C24H22N2O2S/c1-24(2,23(27)28)29-22-14-26(21-11-12-25-13-19(21)22)20-10-9-16(15-7-8-15)17-5-3-4-6-18(17)20/h3-6,9-15H,7-8H2,1-2H3,(H,27,28). The largest absolute Gasteiger partial charge is 0.480 e. The van der Waals surface area contributed by atoms with E-state index in [9.17, 15) is 9.90 Å². The van der Waals surface area contributed by atoms with Crippen LogP contribution in [0, 0.1) is 0 Å². The fourth-order valence-electron chi connectivity index (χ4n) is 3.91. The number of nitrogens with zero attached hydrogens (tertiary/aromatic N) is 2. The van der Waals surface area contributed by atoms with Gasteiger partial charge in [0.15, 0.2) is 0 Å². The van der Waals surface area contributed by atoms with Crippen LogP contribution in [0.3, 0.4) is 0 Å².